The SMILES string of the molecule is COc1ccccc1C(=O)NNC(=S)NC(=O)CCC(=O)OCCCc1ccccc1. The third-order valence-electron chi connectivity index (χ3n) is 4.17. The molecule has 0 bridgehead atoms. The highest BCUT2D eigenvalue weighted by Crippen LogP contribution is 2.16. The Morgan fingerprint density at radius 3 is 2.39 bits per heavy atom. The van der Waals surface area contributed by atoms with Crippen LogP contribution >= 0.6 is 12.2 Å². The number of methoxy groups -OCH3 is 1. The van der Waals surface area contributed by atoms with Crippen molar-refractivity contribution in [3.05, 3.63) is 65.7 Å². The average Bonchev–Trinajstić information content (AvgIpc) is 2.79. The summed E-state index contributed by atoms with van der Waals surface area (Å²) in [5, 5.41) is 2.29. The second-order valence-electron chi connectivity index (χ2n) is 6.47. The number of rotatable bonds is 9. The van der Waals surface area contributed by atoms with Crippen LogP contribution in [0.2, 0.25) is 0 Å². The van der Waals surface area contributed by atoms with E-state index >= 15 is 0 Å². The van der Waals surface area contributed by atoms with E-state index in [2.05, 4.69) is 16.2 Å². The van der Waals surface area contributed by atoms with Crippen molar-refractivity contribution in [1.29, 1.82) is 0 Å². The molecule has 0 aromatic heterocycles. The Labute approximate surface area is 186 Å². The molecular formula is C22H25N3O5S. The Hall–Kier alpha value is -3.46. The first-order valence-corrected chi connectivity index (χ1v) is 10.1. The van der Waals surface area contributed by atoms with Gasteiger partial charge < -0.3 is 14.8 Å². The zero-order chi connectivity index (χ0) is 22.5. The van der Waals surface area contributed by atoms with Crippen LogP contribution in [0.3, 0.4) is 0 Å². The lowest BCUT2D eigenvalue weighted by Crippen LogP contribution is -2.48. The summed E-state index contributed by atoms with van der Waals surface area (Å²) in [5.41, 5.74) is 6.30. The minimum atomic E-state index is -0.479. The van der Waals surface area contributed by atoms with Gasteiger partial charge in [-0.3, -0.25) is 25.2 Å². The van der Waals surface area contributed by atoms with E-state index in [0.29, 0.717) is 24.3 Å². The molecule has 0 aliphatic heterocycles. The number of carbonyl (C=O) groups excluding carboxylic acids is 3. The van der Waals surface area contributed by atoms with Crippen LogP contribution in [0, 0.1) is 0 Å². The van der Waals surface area contributed by atoms with E-state index < -0.39 is 17.8 Å². The van der Waals surface area contributed by atoms with Crippen LogP contribution in [0.1, 0.15) is 35.2 Å². The molecule has 0 aliphatic rings. The Kier molecular flexibility index (Phi) is 9.96. The van der Waals surface area contributed by atoms with Gasteiger partial charge in [-0.2, -0.15) is 0 Å². The summed E-state index contributed by atoms with van der Waals surface area (Å²) in [6.45, 7) is 0.296. The summed E-state index contributed by atoms with van der Waals surface area (Å²) in [5.74, 6) is -0.996. The maximum absolute atomic E-state index is 12.2. The molecule has 2 rings (SSSR count). The Balaban J connectivity index is 1.60. The van der Waals surface area contributed by atoms with Gasteiger partial charge in [-0.25, -0.2) is 0 Å². The predicted molar refractivity (Wildman–Crippen MR) is 119 cm³/mol. The van der Waals surface area contributed by atoms with Gasteiger partial charge in [0.2, 0.25) is 5.91 Å². The van der Waals surface area contributed by atoms with Crippen molar-refractivity contribution in [2.24, 2.45) is 0 Å². The molecule has 2 aromatic carbocycles. The second-order valence-corrected chi connectivity index (χ2v) is 6.87. The van der Waals surface area contributed by atoms with Crippen molar-refractivity contribution in [1.82, 2.24) is 16.2 Å². The summed E-state index contributed by atoms with van der Waals surface area (Å²) >= 11 is 4.97. The van der Waals surface area contributed by atoms with Gasteiger partial charge in [0.25, 0.3) is 5.91 Å². The first kappa shape index (κ1) is 23.8. The molecule has 164 valence electrons. The molecule has 0 heterocycles. The van der Waals surface area contributed by atoms with Crippen LogP contribution < -0.4 is 20.9 Å². The minimum Gasteiger partial charge on any atom is -0.496 e. The minimum absolute atomic E-state index is 0.0621. The molecule has 2 aromatic rings. The zero-order valence-electron chi connectivity index (χ0n) is 17.2. The van der Waals surface area contributed by atoms with E-state index in [9.17, 15) is 14.4 Å². The quantitative estimate of drug-likeness (QED) is 0.236. The lowest BCUT2D eigenvalue weighted by atomic mass is 10.1. The molecule has 0 atom stereocenters. The number of para-hydroxylation sites is 1. The van der Waals surface area contributed by atoms with Crippen molar-refractivity contribution in [3.63, 3.8) is 0 Å². The highest BCUT2D eigenvalue weighted by Gasteiger charge is 2.13. The molecule has 31 heavy (non-hydrogen) atoms. The molecule has 0 saturated heterocycles. The molecular weight excluding hydrogens is 418 g/mol. The molecule has 0 radical (unpaired) electrons. The number of benzene rings is 2. The maximum Gasteiger partial charge on any atom is 0.306 e. The number of hydrogen-bond acceptors (Lipinski definition) is 6. The molecule has 2 amide bonds. The molecule has 3 N–H and O–H groups in total. The third-order valence-corrected chi connectivity index (χ3v) is 4.37. The Bertz CT molecular complexity index is 905. The fourth-order valence-corrected chi connectivity index (χ4v) is 2.79. The van der Waals surface area contributed by atoms with Gasteiger partial charge in [0.1, 0.15) is 5.75 Å². The fraction of sp³-hybridized carbons (Fsp3) is 0.273. The molecule has 0 saturated carbocycles. The smallest absolute Gasteiger partial charge is 0.306 e. The maximum atomic E-state index is 12.2. The third kappa shape index (κ3) is 8.83. The zero-order valence-corrected chi connectivity index (χ0v) is 18.0. The largest absolute Gasteiger partial charge is 0.496 e. The Morgan fingerprint density at radius 2 is 1.65 bits per heavy atom. The number of thiocarbonyl (C=S) groups is 1. The number of amides is 2. The lowest BCUT2D eigenvalue weighted by Gasteiger charge is -2.12. The molecule has 9 heteroatoms. The number of hydrazine groups is 1. The highest BCUT2D eigenvalue weighted by molar-refractivity contribution is 7.80. The normalized spacial score (nSPS) is 9.97. The van der Waals surface area contributed by atoms with Crippen molar-refractivity contribution >= 4 is 35.1 Å². The summed E-state index contributed by atoms with van der Waals surface area (Å²) in [7, 11) is 1.46. The number of esters is 1. The van der Waals surface area contributed by atoms with Crippen LogP contribution in [0.25, 0.3) is 0 Å². The van der Waals surface area contributed by atoms with E-state index in [4.69, 9.17) is 21.7 Å². The van der Waals surface area contributed by atoms with Gasteiger partial charge in [0, 0.05) is 6.42 Å². The second kappa shape index (κ2) is 13.0. The van der Waals surface area contributed by atoms with Gasteiger partial charge in [0.05, 0.1) is 25.7 Å². The molecule has 0 unspecified atom stereocenters. The monoisotopic (exact) mass is 443 g/mol. The summed E-state index contributed by atoms with van der Waals surface area (Å²) in [6, 6.07) is 16.6. The standard InChI is InChI=1S/C22H25N3O5S/c1-29-18-12-6-5-11-17(18)21(28)24-25-22(31)23-19(26)13-14-20(27)30-15-7-10-16-8-3-2-4-9-16/h2-6,8-9,11-12H,7,10,13-15H2,1H3,(H,24,28)(H2,23,25,26,31). The first-order chi connectivity index (χ1) is 15.0. The summed E-state index contributed by atoms with van der Waals surface area (Å²) in [4.78, 5) is 35.8. The average molecular weight is 444 g/mol. The van der Waals surface area contributed by atoms with E-state index in [-0.39, 0.29) is 18.0 Å². The number of aryl methyl sites for hydroxylation is 1. The molecule has 0 fully saturated rings. The van der Waals surface area contributed by atoms with E-state index in [0.717, 1.165) is 6.42 Å². The number of ether oxygens (including phenoxy) is 2. The van der Waals surface area contributed by atoms with Crippen molar-refractivity contribution in [2.75, 3.05) is 13.7 Å². The van der Waals surface area contributed by atoms with Gasteiger partial charge in [0.15, 0.2) is 5.11 Å². The van der Waals surface area contributed by atoms with Gasteiger partial charge in [-0.1, -0.05) is 42.5 Å². The van der Waals surface area contributed by atoms with Crippen molar-refractivity contribution in [3.8, 4) is 5.75 Å². The van der Waals surface area contributed by atoms with Gasteiger partial charge in [-0.05, 0) is 42.8 Å². The lowest BCUT2D eigenvalue weighted by molar-refractivity contribution is -0.145. The number of hydrogen-bond donors (Lipinski definition) is 3. The topological polar surface area (TPSA) is 106 Å². The summed E-state index contributed by atoms with van der Waals surface area (Å²) in [6.07, 6.45) is 1.38. The Morgan fingerprint density at radius 1 is 0.935 bits per heavy atom. The van der Waals surface area contributed by atoms with E-state index in [1.165, 1.54) is 12.7 Å². The summed E-state index contributed by atoms with van der Waals surface area (Å²) < 4.78 is 10.2. The predicted octanol–water partition coefficient (Wildman–Crippen LogP) is 2.29. The molecule has 8 nitrogen and oxygen atoms in total. The molecule has 0 aliphatic carbocycles. The number of nitrogens with one attached hydrogen (secondary N) is 3. The van der Waals surface area contributed by atoms with Crippen molar-refractivity contribution < 1.29 is 23.9 Å². The van der Waals surface area contributed by atoms with Gasteiger partial charge in [-0.15, -0.1) is 0 Å². The highest BCUT2D eigenvalue weighted by atomic mass is 32.1. The van der Waals surface area contributed by atoms with E-state index in [1.54, 1.807) is 24.3 Å². The fourth-order valence-electron chi connectivity index (χ4n) is 2.63. The van der Waals surface area contributed by atoms with Crippen LogP contribution in [-0.4, -0.2) is 36.6 Å². The van der Waals surface area contributed by atoms with Crippen molar-refractivity contribution in [2.45, 2.75) is 25.7 Å². The van der Waals surface area contributed by atoms with Gasteiger partial charge >= 0.3 is 5.97 Å². The first-order valence-electron chi connectivity index (χ1n) is 9.72. The molecule has 0 spiro atoms. The van der Waals surface area contributed by atoms with Crippen LogP contribution in [0.5, 0.6) is 5.75 Å². The van der Waals surface area contributed by atoms with Crippen LogP contribution in [0.4, 0.5) is 0 Å². The number of carbonyl (C=O) groups is 3. The van der Waals surface area contributed by atoms with Crippen LogP contribution in [-0.2, 0) is 20.7 Å². The van der Waals surface area contributed by atoms with Crippen LogP contribution in [0.15, 0.2) is 54.6 Å². The van der Waals surface area contributed by atoms with E-state index in [1.807, 2.05) is 30.3 Å².